The van der Waals surface area contributed by atoms with Gasteiger partial charge < -0.3 is 20.3 Å². The highest BCUT2D eigenvalue weighted by Crippen LogP contribution is 2.32. The SMILES string of the molecule is CCN1C(=S)N[C@@H](c2ccc(NC(=O)c3ccc(C(C)(C)C)cc3)cc2)C(C(=O)OC(C)C)=C1C. The van der Waals surface area contributed by atoms with Crippen molar-refractivity contribution in [2.75, 3.05) is 11.9 Å². The fourth-order valence-corrected chi connectivity index (χ4v) is 4.42. The quantitative estimate of drug-likeness (QED) is 0.397. The molecule has 0 aromatic heterocycles. The Kier molecular flexibility index (Phi) is 8.00. The number of thiocarbonyl (C=S) groups is 1. The molecule has 1 heterocycles. The molecule has 0 aliphatic carbocycles. The fourth-order valence-electron chi connectivity index (χ4n) is 4.04. The molecule has 0 saturated carbocycles. The lowest BCUT2D eigenvalue weighted by Crippen LogP contribution is -2.47. The highest BCUT2D eigenvalue weighted by atomic mass is 32.1. The van der Waals surface area contributed by atoms with E-state index in [0.29, 0.717) is 28.5 Å². The van der Waals surface area contributed by atoms with Crippen LogP contribution < -0.4 is 10.6 Å². The van der Waals surface area contributed by atoms with E-state index in [1.54, 1.807) is 0 Å². The van der Waals surface area contributed by atoms with Crippen molar-refractivity contribution in [3.05, 3.63) is 76.5 Å². The van der Waals surface area contributed by atoms with Crippen LogP contribution in [-0.4, -0.2) is 34.5 Å². The van der Waals surface area contributed by atoms with E-state index >= 15 is 0 Å². The lowest BCUT2D eigenvalue weighted by atomic mass is 9.87. The molecule has 3 rings (SSSR count). The monoisotopic (exact) mass is 493 g/mol. The standard InChI is InChI=1S/C28H35N3O3S/c1-8-31-18(4)23(26(33)34-17(2)3)24(30-27(31)35)19-11-15-22(16-12-19)29-25(32)20-9-13-21(14-10-20)28(5,6)7/h9-17,24H,8H2,1-7H3,(H,29,32)(H,30,35)/t24-/m0/s1. The molecule has 0 radical (unpaired) electrons. The predicted octanol–water partition coefficient (Wildman–Crippen LogP) is 5.71. The van der Waals surface area contributed by atoms with E-state index in [9.17, 15) is 9.59 Å². The highest BCUT2D eigenvalue weighted by molar-refractivity contribution is 7.80. The first kappa shape index (κ1) is 26.4. The van der Waals surface area contributed by atoms with E-state index in [1.165, 1.54) is 5.56 Å². The number of hydrogen-bond acceptors (Lipinski definition) is 4. The normalized spacial score (nSPS) is 16.3. The van der Waals surface area contributed by atoms with Crippen LogP contribution in [0.3, 0.4) is 0 Å². The Bertz CT molecular complexity index is 1130. The number of nitrogens with one attached hydrogen (secondary N) is 2. The summed E-state index contributed by atoms with van der Waals surface area (Å²) in [5.74, 6) is -0.544. The van der Waals surface area contributed by atoms with Crippen molar-refractivity contribution in [1.29, 1.82) is 0 Å². The third-order valence-corrected chi connectivity index (χ3v) is 6.33. The van der Waals surface area contributed by atoms with Crippen molar-refractivity contribution in [2.24, 2.45) is 0 Å². The number of nitrogens with zero attached hydrogens (tertiary/aromatic N) is 1. The summed E-state index contributed by atoms with van der Waals surface area (Å²) in [5, 5.41) is 6.79. The number of amides is 1. The van der Waals surface area contributed by atoms with E-state index in [1.807, 2.05) is 81.1 Å². The molecule has 1 atom stereocenters. The summed E-state index contributed by atoms with van der Waals surface area (Å²) in [6, 6.07) is 14.7. The molecular formula is C28H35N3O3S. The van der Waals surface area contributed by atoms with Crippen molar-refractivity contribution in [1.82, 2.24) is 10.2 Å². The van der Waals surface area contributed by atoms with Crippen LogP contribution in [-0.2, 0) is 14.9 Å². The lowest BCUT2D eigenvalue weighted by molar-refractivity contribution is -0.143. The van der Waals surface area contributed by atoms with Crippen LogP contribution in [0.1, 0.15) is 76.0 Å². The topological polar surface area (TPSA) is 70.7 Å². The number of carbonyl (C=O) groups excluding carboxylic acids is 2. The van der Waals surface area contributed by atoms with Gasteiger partial charge >= 0.3 is 5.97 Å². The second-order valence-electron chi connectivity index (χ2n) is 9.98. The van der Waals surface area contributed by atoms with Crippen molar-refractivity contribution >= 4 is 34.9 Å². The molecule has 0 saturated heterocycles. The Morgan fingerprint density at radius 2 is 1.69 bits per heavy atom. The summed E-state index contributed by atoms with van der Waals surface area (Å²) < 4.78 is 5.53. The Morgan fingerprint density at radius 1 is 1.09 bits per heavy atom. The molecule has 1 aliphatic rings. The Balaban J connectivity index is 1.82. The fraction of sp³-hybridized carbons (Fsp3) is 0.393. The summed E-state index contributed by atoms with van der Waals surface area (Å²) in [5.41, 5.74) is 4.63. The van der Waals surface area contributed by atoms with Gasteiger partial charge in [0.25, 0.3) is 5.91 Å². The maximum Gasteiger partial charge on any atom is 0.338 e. The summed E-state index contributed by atoms with van der Waals surface area (Å²) in [7, 11) is 0. The molecule has 2 aromatic carbocycles. The van der Waals surface area contributed by atoms with Gasteiger partial charge in [-0.15, -0.1) is 0 Å². The molecule has 0 spiro atoms. The molecule has 2 N–H and O–H groups in total. The van der Waals surface area contributed by atoms with Crippen molar-refractivity contribution in [3.63, 3.8) is 0 Å². The number of rotatable bonds is 6. The van der Waals surface area contributed by atoms with Crippen LogP contribution in [0.2, 0.25) is 0 Å². The zero-order chi connectivity index (χ0) is 25.9. The van der Waals surface area contributed by atoms with E-state index < -0.39 is 6.04 Å². The minimum atomic E-state index is -0.439. The first-order chi connectivity index (χ1) is 16.4. The van der Waals surface area contributed by atoms with Crippen LogP contribution in [0.5, 0.6) is 0 Å². The van der Waals surface area contributed by atoms with Crippen LogP contribution in [0.4, 0.5) is 5.69 Å². The summed E-state index contributed by atoms with van der Waals surface area (Å²) in [4.78, 5) is 27.6. The molecule has 7 heteroatoms. The first-order valence-electron chi connectivity index (χ1n) is 11.9. The predicted molar refractivity (Wildman–Crippen MR) is 144 cm³/mol. The molecule has 0 unspecified atom stereocenters. The number of ether oxygens (including phenoxy) is 1. The van der Waals surface area contributed by atoms with E-state index in [2.05, 4.69) is 31.4 Å². The highest BCUT2D eigenvalue weighted by Gasteiger charge is 2.34. The summed E-state index contributed by atoms with van der Waals surface area (Å²) in [6.07, 6.45) is -0.234. The van der Waals surface area contributed by atoms with Gasteiger partial charge in [-0.2, -0.15) is 0 Å². The van der Waals surface area contributed by atoms with Gasteiger partial charge in [0.2, 0.25) is 0 Å². The molecule has 0 bridgehead atoms. The number of carbonyl (C=O) groups is 2. The number of benzene rings is 2. The van der Waals surface area contributed by atoms with E-state index in [-0.39, 0.29) is 23.4 Å². The molecule has 0 fully saturated rings. The van der Waals surface area contributed by atoms with Crippen LogP contribution in [0.15, 0.2) is 59.8 Å². The largest absolute Gasteiger partial charge is 0.459 e. The van der Waals surface area contributed by atoms with Gasteiger partial charge in [0.15, 0.2) is 5.11 Å². The molecule has 35 heavy (non-hydrogen) atoms. The second-order valence-corrected chi connectivity index (χ2v) is 10.4. The Morgan fingerprint density at radius 3 is 2.20 bits per heavy atom. The summed E-state index contributed by atoms with van der Waals surface area (Å²) in [6.45, 7) is 14.6. The van der Waals surface area contributed by atoms with E-state index in [4.69, 9.17) is 17.0 Å². The smallest absolute Gasteiger partial charge is 0.338 e. The minimum absolute atomic E-state index is 0.0295. The minimum Gasteiger partial charge on any atom is -0.459 e. The lowest BCUT2D eigenvalue weighted by Gasteiger charge is -2.37. The Labute approximate surface area is 213 Å². The van der Waals surface area contributed by atoms with Gasteiger partial charge in [-0.3, -0.25) is 4.79 Å². The van der Waals surface area contributed by atoms with Gasteiger partial charge in [-0.05, 0) is 80.7 Å². The maximum absolute atomic E-state index is 13.0. The molecule has 6 nitrogen and oxygen atoms in total. The zero-order valence-corrected chi connectivity index (χ0v) is 22.4. The third kappa shape index (κ3) is 6.09. The third-order valence-electron chi connectivity index (χ3n) is 5.99. The Hall–Kier alpha value is -3.19. The molecule has 1 amide bonds. The summed E-state index contributed by atoms with van der Waals surface area (Å²) >= 11 is 5.55. The average molecular weight is 494 g/mol. The number of hydrogen-bond donors (Lipinski definition) is 2. The second kappa shape index (κ2) is 10.6. The molecular weight excluding hydrogens is 458 g/mol. The molecule has 1 aliphatic heterocycles. The number of allylic oxidation sites excluding steroid dienone is 1. The average Bonchev–Trinajstić information content (AvgIpc) is 2.78. The van der Waals surface area contributed by atoms with E-state index in [0.717, 1.165) is 11.3 Å². The number of esters is 1. The van der Waals surface area contributed by atoms with Crippen molar-refractivity contribution in [3.8, 4) is 0 Å². The first-order valence-corrected chi connectivity index (χ1v) is 12.3. The molecule has 2 aromatic rings. The van der Waals surface area contributed by atoms with Gasteiger partial charge in [-0.1, -0.05) is 45.0 Å². The van der Waals surface area contributed by atoms with Crippen molar-refractivity contribution in [2.45, 2.75) is 66.0 Å². The van der Waals surface area contributed by atoms with Crippen LogP contribution >= 0.6 is 12.2 Å². The zero-order valence-electron chi connectivity index (χ0n) is 21.6. The van der Waals surface area contributed by atoms with Crippen LogP contribution in [0, 0.1) is 0 Å². The van der Waals surface area contributed by atoms with Crippen molar-refractivity contribution < 1.29 is 14.3 Å². The van der Waals surface area contributed by atoms with Crippen LogP contribution in [0.25, 0.3) is 0 Å². The van der Waals surface area contributed by atoms with Gasteiger partial charge in [-0.25, -0.2) is 4.79 Å². The number of anilines is 1. The van der Waals surface area contributed by atoms with Gasteiger partial charge in [0.05, 0.1) is 17.7 Å². The van der Waals surface area contributed by atoms with Gasteiger partial charge in [0, 0.05) is 23.5 Å². The van der Waals surface area contributed by atoms with Gasteiger partial charge in [0.1, 0.15) is 0 Å². The molecule has 186 valence electrons. The maximum atomic E-state index is 13.0.